The second-order valence-corrected chi connectivity index (χ2v) is 6.79. The topological polar surface area (TPSA) is 46.1 Å². The molecule has 0 unspecified atom stereocenters. The summed E-state index contributed by atoms with van der Waals surface area (Å²) in [6.07, 6.45) is 4.53. The zero-order valence-corrected chi connectivity index (χ0v) is 16.2. The highest BCUT2D eigenvalue weighted by atomic mass is 16.5. The zero-order chi connectivity index (χ0) is 18.1. The fraction of sp³-hybridized carbons (Fsp3) is 0.650. The van der Waals surface area contributed by atoms with Crippen molar-refractivity contribution < 1.29 is 9.47 Å². The number of methoxy groups -OCH3 is 1. The van der Waals surface area contributed by atoms with E-state index in [2.05, 4.69) is 47.4 Å². The maximum Gasteiger partial charge on any atom is 0.193 e. The lowest BCUT2D eigenvalue weighted by atomic mass is 9.96. The Labute approximate surface area is 152 Å². The first kappa shape index (κ1) is 19.6. The standard InChI is InChI=1S/C20H33N3O2/c1-16-5-6-18(15-19(16)24-4)7-11-22-20(21-2)23(3)12-8-17-9-13-25-14-10-17/h5-6,15,17H,7-14H2,1-4H3,(H,21,22). The Bertz CT molecular complexity index is 554. The number of nitrogens with zero attached hydrogens (tertiary/aromatic N) is 2. The summed E-state index contributed by atoms with van der Waals surface area (Å²) in [5.41, 5.74) is 2.44. The largest absolute Gasteiger partial charge is 0.496 e. The molecule has 5 nitrogen and oxygen atoms in total. The van der Waals surface area contributed by atoms with E-state index < -0.39 is 0 Å². The molecule has 1 aromatic rings. The summed E-state index contributed by atoms with van der Waals surface area (Å²) < 4.78 is 10.8. The van der Waals surface area contributed by atoms with Crippen molar-refractivity contribution in [2.24, 2.45) is 10.9 Å². The van der Waals surface area contributed by atoms with Crippen molar-refractivity contribution >= 4 is 5.96 Å². The molecule has 0 spiro atoms. The summed E-state index contributed by atoms with van der Waals surface area (Å²) in [6.45, 7) is 5.79. The predicted molar refractivity (Wildman–Crippen MR) is 104 cm³/mol. The van der Waals surface area contributed by atoms with Crippen molar-refractivity contribution in [3.05, 3.63) is 29.3 Å². The maximum absolute atomic E-state index is 5.44. The van der Waals surface area contributed by atoms with E-state index in [9.17, 15) is 0 Å². The molecule has 0 aliphatic carbocycles. The predicted octanol–water partition coefficient (Wildman–Crippen LogP) is 2.87. The van der Waals surface area contributed by atoms with Gasteiger partial charge in [-0.25, -0.2) is 0 Å². The first-order valence-electron chi connectivity index (χ1n) is 9.27. The van der Waals surface area contributed by atoms with Crippen LogP contribution in [0.1, 0.15) is 30.4 Å². The van der Waals surface area contributed by atoms with E-state index in [1.54, 1.807) is 7.11 Å². The van der Waals surface area contributed by atoms with Gasteiger partial charge in [0.2, 0.25) is 0 Å². The van der Waals surface area contributed by atoms with Gasteiger partial charge >= 0.3 is 0 Å². The van der Waals surface area contributed by atoms with Crippen LogP contribution in [0.5, 0.6) is 5.75 Å². The Hall–Kier alpha value is -1.75. The van der Waals surface area contributed by atoms with E-state index >= 15 is 0 Å². The third-order valence-electron chi connectivity index (χ3n) is 4.96. The van der Waals surface area contributed by atoms with E-state index in [1.807, 2.05) is 7.05 Å². The van der Waals surface area contributed by atoms with Gasteiger partial charge in [0.25, 0.3) is 0 Å². The van der Waals surface area contributed by atoms with Crippen molar-refractivity contribution in [2.75, 3.05) is 47.5 Å². The number of rotatable bonds is 7. The Morgan fingerprint density at radius 3 is 2.80 bits per heavy atom. The molecule has 1 aliphatic rings. The average molecular weight is 348 g/mol. The fourth-order valence-corrected chi connectivity index (χ4v) is 3.24. The van der Waals surface area contributed by atoms with Crippen LogP contribution in [0.4, 0.5) is 0 Å². The smallest absolute Gasteiger partial charge is 0.193 e. The molecule has 2 rings (SSSR count). The minimum Gasteiger partial charge on any atom is -0.496 e. The molecule has 0 aromatic heterocycles. The molecule has 0 radical (unpaired) electrons. The highest BCUT2D eigenvalue weighted by Crippen LogP contribution is 2.19. The molecule has 0 bridgehead atoms. The van der Waals surface area contributed by atoms with Crippen LogP contribution in [0.3, 0.4) is 0 Å². The number of nitrogens with one attached hydrogen (secondary N) is 1. The number of ether oxygens (including phenoxy) is 2. The highest BCUT2D eigenvalue weighted by Gasteiger charge is 2.15. The number of hydrogen-bond donors (Lipinski definition) is 1. The summed E-state index contributed by atoms with van der Waals surface area (Å²) in [5.74, 6) is 2.70. The Morgan fingerprint density at radius 1 is 1.36 bits per heavy atom. The molecule has 1 N–H and O–H groups in total. The Morgan fingerprint density at radius 2 is 2.12 bits per heavy atom. The summed E-state index contributed by atoms with van der Waals surface area (Å²) >= 11 is 0. The van der Waals surface area contributed by atoms with Gasteiger partial charge in [-0.05, 0) is 55.7 Å². The number of benzene rings is 1. The molecule has 25 heavy (non-hydrogen) atoms. The van der Waals surface area contributed by atoms with Crippen LogP contribution in [0, 0.1) is 12.8 Å². The number of aryl methyl sites for hydroxylation is 1. The van der Waals surface area contributed by atoms with Crippen LogP contribution >= 0.6 is 0 Å². The van der Waals surface area contributed by atoms with Crippen molar-refractivity contribution in [1.29, 1.82) is 0 Å². The lowest BCUT2D eigenvalue weighted by molar-refractivity contribution is 0.0625. The van der Waals surface area contributed by atoms with Gasteiger partial charge in [0.15, 0.2) is 5.96 Å². The Kier molecular flexibility index (Phi) is 8.06. The molecule has 0 amide bonds. The molecule has 1 aromatic carbocycles. The minimum absolute atomic E-state index is 0.786. The first-order valence-corrected chi connectivity index (χ1v) is 9.27. The van der Waals surface area contributed by atoms with Gasteiger partial charge in [-0.2, -0.15) is 0 Å². The van der Waals surface area contributed by atoms with Gasteiger partial charge in [0, 0.05) is 40.4 Å². The van der Waals surface area contributed by atoms with E-state index in [4.69, 9.17) is 9.47 Å². The van der Waals surface area contributed by atoms with E-state index in [0.717, 1.165) is 50.4 Å². The highest BCUT2D eigenvalue weighted by molar-refractivity contribution is 5.79. The van der Waals surface area contributed by atoms with E-state index in [-0.39, 0.29) is 0 Å². The summed E-state index contributed by atoms with van der Waals surface area (Å²) in [6, 6.07) is 6.40. The Balaban J connectivity index is 1.75. The van der Waals surface area contributed by atoms with Crippen LogP contribution < -0.4 is 10.1 Å². The number of hydrogen-bond acceptors (Lipinski definition) is 3. The molecular weight excluding hydrogens is 314 g/mol. The third kappa shape index (κ3) is 6.24. The lowest BCUT2D eigenvalue weighted by Crippen LogP contribution is -2.40. The molecule has 5 heteroatoms. The molecular formula is C20H33N3O2. The van der Waals surface area contributed by atoms with Crippen LogP contribution in [-0.2, 0) is 11.2 Å². The fourth-order valence-electron chi connectivity index (χ4n) is 3.24. The summed E-state index contributed by atoms with van der Waals surface area (Å²) in [5, 5.41) is 3.47. The van der Waals surface area contributed by atoms with Gasteiger partial charge < -0.3 is 19.7 Å². The monoisotopic (exact) mass is 347 g/mol. The van der Waals surface area contributed by atoms with Crippen LogP contribution in [0.25, 0.3) is 0 Å². The second kappa shape index (κ2) is 10.3. The molecule has 0 saturated carbocycles. The molecule has 1 saturated heterocycles. The third-order valence-corrected chi connectivity index (χ3v) is 4.96. The summed E-state index contributed by atoms with van der Waals surface area (Å²) in [4.78, 5) is 6.64. The average Bonchev–Trinajstić information content (AvgIpc) is 2.65. The normalized spacial score (nSPS) is 15.9. The van der Waals surface area contributed by atoms with Gasteiger partial charge in [0.1, 0.15) is 5.75 Å². The minimum atomic E-state index is 0.786. The van der Waals surface area contributed by atoms with Crippen molar-refractivity contribution in [1.82, 2.24) is 10.2 Å². The van der Waals surface area contributed by atoms with Crippen molar-refractivity contribution in [3.63, 3.8) is 0 Å². The quantitative estimate of drug-likeness (QED) is 0.609. The summed E-state index contributed by atoms with van der Waals surface area (Å²) in [7, 11) is 5.69. The SMILES string of the molecule is CN=C(NCCc1ccc(C)c(OC)c1)N(C)CCC1CCOCC1. The van der Waals surface area contributed by atoms with Crippen molar-refractivity contribution in [3.8, 4) is 5.75 Å². The maximum atomic E-state index is 5.44. The molecule has 140 valence electrons. The number of guanidine groups is 1. The van der Waals surface area contributed by atoms with E-state index in [1.165, 1.54) is 30.4 Å². The van der Waals surface area contributed by atoms with Crippen molar-refractivity contribution in [2.45, 2.75) is 32.6 Å². The van der Waals surface area contributed by atoms with Gasteiger partial charge in [0.05, 0.1) is 7.11 Å². The second-order valence-electron chi connectivity index (χ2n) is 6.79. The molecule has 1 heterocycles. The molecule has 1 aliphatic heterocycles. The van der Waals surface area contributed by atoms with Gasteiger partial charge in [-0.15, -0.1) is 0 Å². The van der Waals surface area contributed by atoms with Gasteiger partial charge in [-0.1, -0.05) is 12.1 Å². The first-order chi connectivity index (χ1) is 12.1. The van der Waals surface area contributed by atoms with Crippen LogP contribution in [-0.4, -0.2) is 58.4 Å². The van der Waals surface area contributed by atoms with Crippen LogP contribution in [0.2, 0.25) is 0 Å². The van der Waals surface area contributed by atoms with Gasteiger partial charge in [-0.3, -0.25) is 4.99 Å². The van der Waals surface area contributed by atoms with E-state index in [0.29, 0.717) is 0 Å². The van der Waals surface area contributed by atoms with Crippen LogP contribution in [0.15, 0.2) is 23.2 Å². The molecule has 1 fully saturated rings. The zero-order valence-electron chi connectivity index (χ0n) is 16.2. The molecule has 0 atom stereocenters. The number of aliphatic imine (C=N–C) groups is 1. The lowest BCUT2D eigenvalue weighted by Gasteiger charge is -2.26.